The number of rotatable bonds is 6. The number of carbonyl (C=O) groups excluding carboxylic acids is 3. The Labute approximate surface area is 177 Å². The zero-order valence-corrected chi connectivity index (χ0v) is 18.2. The number of likely N-dealkylation sites (tertiary alicyclic amines) is 1. The molecular formula is C22H32N2O6. The second-order valence-electron chi connectivity index (χ2n) is 8.22. The predicted octanol–water partition coefficient (Wildman–Crippen LogP) is 3.29. The number of hydrogen-bond acceptors (Lipinski definition) is 6. The Morgan fingerprint density at radius 1 is 1.13 bits per heavy atom. The van der Waals surface area contributed by atoms with E-state index >= 15 is 0 Å². The van der Waals surface area contributed by atoms with Crippen molar-refractivity contribution >= 4 is 18.2 Å². The monoisotopic (exact) mass is 420 g/mol. The van der Waals surface area contributed by atoms with Crippen LogP contribution in [0.1, 0.15) is 46.1 Å². The molecule has 1 saturated heterocycles. The molecule has 1 aromatic carbocycles. The molecule has 2 amide bonds. The fraction of sp³-hybridized carbons (Fsp3) is 0.591. The number of alkyl carbamates (subject to hydrolysis) is 1. The summed E-state index contributed by atoms with van der Waals surface area (Å²) >= 11 is 0. The molecule has 0 radical (unpaired) electrons. The maximum atomic E-state index is 12.6. The third-order valence-electron chi connectivity index (χ3n) is 4.53. The molecule has 1 aromatic rings. The first-order valence-corrected chi connectivity index (χ1v) is 10.3. The summed E-state index contributed by atoms with van der Waals surface area (Å²) in [4.78, 5) is 38.3. The van der Waals surface area contributed by atoms with Crippen molar-refractivity contribution in [2.24, 2.45) is 0 Å². The Morgan fingerprint density at radius 2 is 1.77 bits per heavy atom. The number of benzene rings is 1. The zero-order valence-electron chi connectivity index (χ0n) is 18.2. The van der Waals surface area contributed by atoms with Crippen LogP contribution in [0.25, 0.3) is 0 Å². The fourth-order valence-corrected chi connectivity index (χ4v) is 3.11. The summed E-state index contributed by atoms with van der Waals surface area (Å²) in [5.41, 5.74) is 0.318. The van der Waals surface area contributed by atoms with Gasteiger partial charge in [0.25, 0.3) is 0 Å². The van der Waals surface area contributed by atoms with Crippen LogP contribution in [0.4, 0.5) is 9.59 Å². The van der Waals surface area contributed by atoms with Crippen LogP contribution >= 0.6 is 0 Å². The van der Waals surface area contributed by atoms with Crippen LogP contribution in [-0.2, 0) is 25.4 Å². The van der Waals surface area contributed by atoms with Gasteiger partial charge in [0, 0.05) is 25.6 Å². The highest BCUT2D eigenvalue weighted by molar-refractivity contribution is 5.79. The Kier molecular flexibility index (Phi) is 8.50. The zero-order chi connectivity index (χ0) is 22.1. The van der Waals surface area contributed by atoms with Gasteiger partial charge in [0.15, 0.2) is 0 Å². The predicted molar refractivity (Wildman–Crippen MR) is 111 cm³/mol. The van der Waals surface area contributed by atoms with Gasteiger partial charge in [0.1, 0.15) is 5.60 Å². The molecule has 1 aliphatic heterocycles. The van der Waals surface area contributed by atoms with E-state index in [1.165, 1.54) is 0 Å². The lowest BCUT2D eigenvalue weighted by atomic mass is 10.1. The molecule has 8 heteroatoms. The minimum absolute atomic E-state index is 0.0749. The van der Waals surface area contributed by atoms with E-state index in [-0.39, 0.29) is 19.1 Å². The molecule has 1 aliphatic rings. The molecular weight excluding hydrogens is 388 g/mol. The highest BCUT2D eigenvalue weighted by Gasteiger charge is 2.30. The summed E-state index contributed by atoms with van der Waals surface area (Å²) in [5.74, 6) is -0.559. The second kappa shape index (κ2) is 10.8. The number of hydrogen-bond donors (Lipinski definition) is 1. The number of amides is 2. The average Bonchev–Trinajstić information content (AvgIpc) is 2.67. The first-order valence-electron chi connectivity index (χ1n) is 10.3. The molecule has 166 valence electrons. The molecule has 0 saturated carbocycles. The van der Waals surface area contributed by atoms with Crippen molar-refractivity contribution in [1.29, 1.82) is 0 Å². The number of nitrogens with one attached hydrogen (secondary N) is 1. The number of carbonyl (C=O) groups is 3. The van der Waals surface area contributed by atoms with E-state index in [4.69, 9.17) is 14.2 Å². The van der Waals surface area contributed by atoms with Crippen molar-refractivity contribution in [3.63, 3.8) is 0 Å². The molecule has 0 unspecified atom stereocenters. The maximum absolute atomic E-state index is 12.6. The maximum Gasteiger partial charge on any atom is 0.410 e. The van der Waals surface area contributed by atoms with Gasteiger partial charge in [-0.2, -0.15) is 0 Å². The van der Waals surface area contributed by atoms with Crippen molar-refractivity contribution in [3.8, 4) is 0 Å². The third kappa shape index (κ3) is 7.93. The Bertz CT molecular complexity index is 708. The molecule has 1 fully saturated rings. The van der Waals surface area contributed by atoms with Gasteiger partial charge in [-0.15, -0.1) is 0 Å². The molecule has 30 heavy (non-hydrogen) atoms. The van der Waals surface area contributed by atoms with Crippen LogP contribution in [-0.4, -0.2) is 60.5 Å². The minimum atomic E-state index is -1.00. The van der Waals surface area contributed by atoms with Crippen molar-refractivity contribution in [3.05, 3.63) is 35.9 Å². The summed E-state index contributed by atoms with van der Waals surface area (Å²) in [6.45, 7) is 8.17. The second-order valence-corrected chi connectivity index (χ2v) is 8.22. The molecule has 1 atom stereocenters. The Morgan fingerprint density at radius 3 is 2.33 bits per heavy atom. The van der Waals surface area contributed by atoms with E-state index in [0.717, 1.165) is 5.56 Å². The van der Waals surface area contributed by atoms with Gasteiger partial charge < -0.3 is 24.4 Å². The molecule has 0 aromatic heterocycles. The van der Waals surface area contributed by atoms with Crippen molar-refractivity contribution in [1.82, 2.24) is 10.2 Å². The quantitative estimate of drug-likeness (QED) is 0.561. The van der Waals surface area contributed by atoms with Crippen LogP contribution in [0.15, 0.2) is 30.3 Å². The Hall–Kier alpha value is -2.77. The molecule has 0 aliphatic carbocycles. The van der Waals surface area contributed by atoms with E-state index in [0.29, 0.717) is 25.9 Å². The smallest absolute Gasteiger partial charge is 0.410 e. The fourth-order valence-electron chi connectivity index (χ4n) is 3.11. The van der Waals surface area contributed by atoms with E-state index in [1.54, 1.807) is 32.6 Å². The summed E-state index contributed by atoms with van der Waals surface area (Å²) in [7, 11) is 0. The highest BCUT2D eigenvalue weighted by atomic mass is 16.6. The molecule has 2 rings (SSSR count). The van der Waals surface area contributed by atoms with Crippen LogP contribution in [0.2, 0.25) is 0 Å². The van der Waals surface area contributed by atoms with E-state index in [2.05, 4.69) is 5.32 Å². The SMILES string of the molecule is CCOC(=O)[C@H](Cc1ccccc1)OC(=O)N1CCC(NC(=O)OC(C)(C)C)CC1. The van der Waals surface area contributed by atoms with Crippen LogP contribution < -0.4 is 5.32 Å². The van der Waals surface area contributed by atoms with Gasteiger partial charge in [-0.25, -0.2) is 14.4 Å². The van der Waals surface area contributed by atoms with Gasteiger partial charge in [0.05, 0.1) is 6.61 Å². The van der Waals surface area contributed by atoms with Gasteiger partial charge in [-0.3, -0.25) is 0 Å². The van der Waals surface area contributed by atoms with Gasteiger partial charge >= 0.3 is 18.2 Å². The summed E-state index contributed by atoms with van der Waals surface area (Å²) < 4.78 is 15.8. The number of piperidine rings is 1. The lowest BCUT2D eigenvalue weighted by Crippen LogP contribution is -2.48. The lowest BCUT2D eigenvalue weighted by Gasteiger charge is -2.33. The number of ether oxygens (including phenoxy) is 3. The number of esters is 1. The standard InChI is InChI=1S/C22H32N2O6/c1-5-28-19(25)18(15-16-9-7-6-8-10-16)29-21(27)24-13-11-17(12-14-24)23-20(26)30-22(2,3)4/h6-10,17-18H,5,11-15H2,1-4H3,(H,23,26)/t18-/m0/s1. The normalized spacial score (nSPS) is 15.8. The first kappa shape index (κ1) is 23.5. The van der Waals surface area contributed by atoms with Gasteiger partial charge in [-0.1, -0.05) is 30.3 Å². The largest absolute Gasteiger partial charge is 0.463 e. The molecule has 8 nitrogen and oxygen atoms in total. The summed E-state index contributed by atoms with van der Waals surface area (Å²) in [5, 5.41) is 2.83. The summed E-state index contributed by atoms with van der Waals surface area (Å²) in [6.07, 6.45) is -0.609. The molecule has 1 heterocycles. The van der Waals surface area contributed by atoms with E-state index in [1.807, 2.05) is 30.3 Å². The topological polar surface area (TPSA) is 94.2 Å². The van der Waals surface area contributed by atoms with Crippen LogP contribution in [0.3, 0.4) is 0 Å². The molecule has 0 bridgehead atoms. The number of nitrogens with zero attached hydrogens (tertiary/aromatic N) is 1. The van der Waals surface area contributed by atoms with Gasteiger partial charge in [-0.05, 0) is 46.1 Å². The van der Waals surface area contributed by atoms with Crippen LogP contribution in [0, 0.1) is 0 Å². The average molecular weight is 421 g/mol. The van der Waals surface area contributed by atoms with Crippen molar-refractivity contribution in [2.45, 2.75) is 64.7 Å². The lowest BCUT2D eigenvalue weighted by molar-refractivity contribution is -0.153. The third-order valence-corrected chi connectivity index (χ3v) is 4.53. The highest BCUT2D eigenvalue weighted by Crippen LogP contribution is 2.16. The van der Waals surface area contributed by atoms with Crippen molar-refractivity contribution in [2.75, 3.05) is 19.7 Å². The van der Waals surface area contributed by atoms with Crippen LogP contribution in [0.5, 0.6) is 0 Å². The minimum Gasteiger partial charge on any atom is -0.463 e. The first-order chi connectivity index (χ1) is 14.2. The molecule has 1 N–H and O–H groups in total. The van der Waals surface area contributed by atoms with E-state index in [9.17, 15) is 14.4 Å². The molecule has 0 spiro atoms. The van der Waals surface area contributed by atoms with E-state index < -0.39 is 29.9 Å². The van der Waals surface area contributed by atoms with Crippen molar-refractivity contribution < 1.29 is 28.6 Å². The van der Waals surface area contributed by atoms with Gasteiger partial charge in [0.2, 0.25) is 6.10 Å². The Balaban J connectivity index is 1.87. The summed E-state index contributed by atoms with van der Waals surface area (Å²) in [6, 6.07) is 9.27.